The normalized spacial score (nSPS) is 11.7. The van der Waals surface area contributed by atoms with Crippen LogP contribution >= 0.6 is 24.0 Å². The van der Waals surface area contributed by atoms with Crippen LogP contribution in [0.25, 0.3) is 5.69 Å². The average Bonchev–Trinajstić information content (AvgIpc) is 3.22. The van der Waals surface area contributed by atoms with E-state index < -0.39 is 11.7 Å². The van der Waals surface area contributed by atoms with Gasteiger partial charge < -0.3 is 15.2 Å². The molecule has 0 fully saturated rings. The Labute approximate surface area is 188 Å². The van der Waals surface area contributed by atoms with Gasteiger partial charge in [-0.1, -0.05) is 18.2 Å². The van der Waals surface area contributed by atoms with Crippen molar-refractivity contribution in [2.75, 3.05) is 7.05 Å². The van der Waals surface area contributed by atoms with Crippen molar-refractivity contribution >= 4 is 29.9 Å². The van der Waals surface area contributed by atoms with Gasteiger partial charge in [0.15, 0.2) is 5.96 Å². The molecule has 3 aromatic rings. The smallest absolute Gasteiger partial charge is 0.352 e. The molecule has 0 aliphatic heterocycles. The number of halogens is 5. The molecule has 5 nitrogen and oxygen atoms in total. The van der Waals surface area contributed by atoms with Gasteiger partial charge in [0, 0.05) is 32.5 Å². The molecule has 0 saturated heterocycles. The molecule has 0 saturated carbocycles. The minimum atomic E-state index is -4.35. The Morgan fingerprint density at radius 2 is 1.67 bits per heavy atom. The van der Waals surface area contributed by atoms with Crippen molar-refractivity contribution in [2.24, 2.45) is 4.99 Å². The number of aromatic nitrogens is 2. The first-order valence-electron chi connectivity index (χ1n) is 8.74. The Kier molecular flexibility index (Phi) is 8.21. The fraction of sp³-hybridized carbons (Fsp3) is 0.200. The number of hydrogen-bond acceptors (Lipinski definition) is 2. The first kappa shape index (κ1) is 23.6. The molecule has 2 aromatic carbocycles. The Morgan fingerprint density at radius 3 is 2.20 bits per heavy atom. The third-order valence-corrected chi connectivity index (χ3v) is 4.22. The van der Waals surface area contributed by atoms with E-state index in [2.05, 4.69) is 20.6 Å². The van der Waals surface area contributed by atoms with E-state index in [1.54, 1.807) is 36.1 Å². The lowest BCUT2D eigenvalue weighted by Gasteiger charge is -2.13. The number of guanidine groups is 1. The van der Waals surface area contributed by atoms with E-state index in [-0.39, 0.29) is 29.8 Å². The lowest BCUT2D eigenvalue weighted by Crippen LogP contribution is -2.36. The van der Waals surface area contributed by atoms with Crippen LogP contribution in [0, 0.1) is 5.82 Å². The molecule has 160 valence electrons. The second-order valence-electron chi connectivity index (χ2n) is 6.23. The van der Waals surface area contributed by atoms with Crippen molar-refractivity contribution in [3.8, 4) is 5.69 Å². The van der Waals surface area contributed by atoms with Crippen LogP contribution in [0.2, 0.25) is 0 Å². The van der Waals surface area contributed by atoms with Gasteiger partial charge in [0.2, 0.25) is 0 Å². The molecule has 10 heteroatoms. The number of nitrogens with one attached hydrogen (secondary N) is 2. The quantitative estimate of drug-likeness (QED) is 0.220. The Hall–Kier alpha value is -2.63. The molecule has 0 aliphatic carbocycles. The highest BCUT2D eigenvalue weighted by Gasteiger charge is 2.29. The molecule has 0 spiro atoms. The number of imidazole rings is 1. The summed E-state index contributed by atoms with van der Waals surface area (Å²) in [5.74, 6) is 0.0685. The fourth-order valence-electron chi connectivity index (χ4n) is 2.68. The summed E-state index contributed by atoms with van der Waals surface area (Å²) >= 11 is 0. The van der Waals surface area contributed by atoms with E-state index in [0.717, 1.165) is 12.1 Å². The maximum Gasteiger partial charge on any atom is 0.416 e. The molecule has 0 amide bonds. The summed E-state index contributed by atoms with van der Waals surface area (Å²) in [6.07, 6.45) is 0.389. The molecule has 0 atom stereocenters. The van der Waals surface area contributed by atoms with Crippen molar-refractivity contribution in [3.05, 3.63) is 83.7 Å². The maximum atomic E-state index is 14.3. The molecular formula is C20H20F4IN5. The molecular weight excluding hydrogens is 513 g/mol. The number of hydrogen-bond donors (Lipinski definition) is 2. The van der Waals surface area contributed by atoms with Crippen molar-refractivity contribution < 1.29 is 17.6 Å². The zero-order chi connectivity index (χ0) is 20.9. The molecule has 0 aliphatic rings. The van der Waals surface area contributed by atoms with Crippen molar-refractivity contribution in [2.45, 2.75) is 19.3 Å². The van der Waals surface area contributed by atoms with E-state index in [9.17, 15) is 17.6 Å². The minimum absolute atomic E-state index is 0. The third kappa shape index (κ3) is 6.18. The largest absolute Gasteiger partial charge is 0.416 e. The van der Waals surface area contributed by atoms with Gasteiger partial charge in [-0.25, -0.2) is 9.37 Å². The summed E-state index contributed by atoms with van der Waals surface area (Å²) in [6, 6.07) is 9.77. The summed E-state index contributed by atoms with van der Waals surface area (Å²) in [4.78, 5) is 7.96. The Balaban J connectivity index is 0.00000320. The van der Waals surface area contributed by atoms with Crippen LogP contribution < -0.4 is 10.6 Å². The van der Waals surface area contributed by atoms with E-state index >= 15 is 0 Å². The Morgan fingerprint density at radius 1 is 1.03 bits per heavy atom. The van der Waals surface area contributed by atoms with Gasteiger partial charge in [-0.2, -0.15) is 13.2 Å². The van der Waals surface area contributed by atoms with Gasteiger partial charge in [0.05, 0.1) is 17.6 Å². The van der Waals surface area contributed by atoms with Crippen LogP contribution in [0.3, 0.4) is 0 Å². The summed E-state index contributed by atoms with van der Waals surface area (Å²) < 4.78 is 53.7. The molecule has 0 bridgehead atoms. The minimum Gasteiger partial charge on any atom is -0.352 e. The van der Waals surface area contributed by atoms with Crippen LogP contribution in [-0.2, 0) is 19.3 Å². The topological polar surface area (TPSA) is 54.2 Å². The first-order chi connectivity index (χ1) is 13.9. The lowest BCUT2D eigenvalue weighted by molar-refractivity contribution is -0.137. The zero-order valence-corrected chi connectivity index (χ0v) is 18.3. The number of aliphatic imine (C=N–C) groups is 1. The van der Waals surface area contributed by atoms with Crippen LogP contribution in [-0.4, -0.2) is 22.6 Å². The van der Waals surface area contributed by atoms with Gasteiger partial charge in [-0.3, -0.25) is 4.99 Å². The Bertz CT molecular complexity index is 970. The van der Waals surface area contributed by atoms with Crippen LogP contribution in [0.1, 0.15) is 16.7 Å². The molecule has 3 rings (SSSR count). The first-order valence-corrected chi connectivity index (χ1v) is 8.74. The third-order valence-electron chi connectivity index (χ3n) is 4.22. The van der Waals surface area contributed by atoms with Crippen molar-refractivity contribution in [1.82, 2.24) is 20.2 Å². The number of nitrogens with zero attached hydrogens (tertiary/aromatic N) is 3. The van der Waals surface area contributed by atoms with Gasteiger partial charge in [0.1, 0.15) is 5.82 Å². The van der Waals surface area contributed by atoms with Gasteiger partial charge >= 0.3 is 6.18 Å². The standard InChI is InChI=1S/C20H19F4N5.HI/c1-25-19(27-11-14-2-5-16(6-3-14)20(22,23)24)28-12-15-4-7-18(17(21)10-15)29-9-8-26-13-29;/h2-10,13H,11-12H2,1H3,(H2,25,27,28);1H. The summed E-state index contributed by atoms with van der Waals surface area (Å²) in [5, 5.41) is 6.06. The van der Waals surface area contributed by atoms with E-state index in [0.29, 0.717) is 35.9 Å². The summed E-state index contributed by atoms with van der Waals surface area (Å²) in [5.41, 5.74) is 1.10. The molecule has 2 N–H and O–H groups in total. The van der Waals surface area contributed by atoms with Crippen molar-refractivity contribution in [1.29, 1.82) is 0 Å². The van der Waals surface area contributed by atoms with Crippen LogP contribution in [0.4, 0.5) is 17.6 Å². The van der Waals surface area contributed by atoms with Gasteiger partial charge in [0.25, 0.3) is 0 Å². The van der Waals surface area contributed by atoms with Crippen LogP contribution in [0.15, 0.2) is 66.2 Å². The van der Waals surface area contributed by atoms with Crippen molar-refractivity contribution in [3.63, 3.8) is 0 Å². The fourth-order valence-corrected chi connectivity index (χ4v) is 2.68. The molecule has 1 heterocycles. The molecule has 0 radical (unpaired) electrons. The lowest BCUT2D eigenvalue weighted by atomic mass is 10.1. The second-order valence-corrected chi connectivity index (χ2v) is 6.23. The highest BCUT2D eigenvalue weighted by atomic mass is 127. The van der Waals surface area contributed by atoms with Gasteiger partial charge in [-0.05, 0) is 35.4 Å². The molecule has 0 unspecified atom stereocenters. The second kappa shape index (κ2) is 10.4. The number of benzene rings is 2. The van der Waals surface area contributed by atoms with Crippen LogP contribution in [0.5, 0.6) is 0 Å². The highest BCUT2D eigenvalue weighted by molar-refractivity contribution is 14.0. The molecule has 30 heavy (non-hydrogen) atoms. The van der Waals surface area contributed by atoms with E-state index in [1.807, 2.05) is 0 Å². The SMILES string of the molecule is CN=C(NCc1ccc(C(F)(F)F)cc1)NCc1ccc(-n2ccnc2)c(F)c1.I. The predicted octanol–water partition coefficient (Wildman–Crippen LogP) is 4.51. The predicted molar refractivity (Wildman–Crippen MR) is 117 cm³/mol. The zero-order valence-electron chi connectivity index (χ0n) is 15.9. The highest BCUT2D eigenvalue weighted by Crippen LogP contribution is 2.29. The molecule has 1 aromatic heterocycles. The average molecular weight is 533 g/mol. The van der Waals surface area contributed by atoms with E-state index in [4.69, 9.17) is 0 Å². The van der Waals surface area contributed by atoms with Gasteiger partial charge in [-0.15, -0.1) is 24.0 Å². The maximum absolute atomic E-state index is 14.3. The summed E-state index contributed by atoms with van der Waals surface area (Å²) in [7, 11) is 1.57. The summed E-state index contributed by atoms with van der Waals surface area (Å²) in [6.45, 7) is 0.625. The monoisotopic (exact) mass is 533 g/mol. The number of rotatable bonds is 5. The number of alkyl halides is 3. The van der Waals surface area contributed by atoms with E-state index in [1.165, 1.54) is 24.5 Å².